The first-order chi connectivity index (χ1) is 7.59. The minimum atomic E-state index is -0.264. The van der Waals surface area contributed by atoms with Crippen LogP contribution in [0.4, 0.5) is 4.39 Å². The fourth-order valence-electron chi connectivity index (χ4n) is 1.33. The van der Waals surface area contributed by atoms with Gasteiger partial charge < -0.3 is 4.74 Å². The highest BCUT2D eigenvalue weighted by Crippen LogP contribution is 2.45. The summed E-state index contributed by atoms with van der Waals surface area (Å²) >= 11 is 0. The standard InChI is InChI=1S/C12H15FO.C2H6/c1-9-3-4-10(13)11(7-9)14-8-12(2)5-6-12;1-2/h3-4,7H,5-6,8H2,1-2H3;1-2H3. The molecule has 1 aromatic carbocycles. The van der Waals surface area contributed by atoms with Crippen LogP contribution < -0.4 is 4.74 Å². The first-order valence-corrected chi connectivity index (χ1v) is 5.98. The van der Waals surface area contributed by atoms with Gasteiger partial charge in [0.1, 0.15) is 0 Å². The summed E-state index contributed by atoms with van der Waals surface area (Å²) in [5.74, 6) is 0.123. The number of aryl methyl sites for hydroxylation is 1. The topological polar surface area (TPSA) is 9.23 Å². The van der Waals surface area contributed by atoms with Crippen molar-refractivity contribution in [3.63, 3.8) is 0 Å². The van der Waals surface area contributed by atoms with E-state index < -0.39 is 0 Å². The maximum Gasteiger partial charge on any atom is 0.165 e. The fraction of sp³-hybridized carbons (Fsp3) is 0.571. The molecule has 1 aliphatic rings. The van der Waals surface area contributed by atoms with Gasteiger partial charge in [0.05, 0.1) is 6.61 Å². The van der Waals surface area contributed by atoms with E-state index in [9.17, 15) is 4.39 Å². The summed E-state index contributed by atoms with van der Waals surface area (Å²) in [6.07, 6.45) is 2.39. The molecule has 0 bridgehead atoms. The molecule has 1 aromatic rings. The van der Waals surface area contributed by atoms with Gasteiger partial charge in [-0.1, -0.05) is 26.8 Å². The van der Waals surface area contributed by atoms with Crippen molar-refractivity contribution in [3.05, 3.63) is 29.6 Å². The first kappa shape index (κ1) is 13.0. The van der Waals surface area contributed by atoms with E-state index >= 15 is 0 Å². The molecule has 1 fully saturated rings. The summed E-state index contributed by atoms with van der Waals surface area (Å²) in [4.78, 5) is 0. The average Bonchev–Trinajstić information content (AvgIpc) is 3.02. The Morgan fingerprint density at radius 2 is 1.94 bits per heavy atom. The second kappa shape index (κ2) is 5.33. The Bertz CT molecular complexity index is 343. The van der Waals surface area contributed by atoms with Gasteiger partial charge in [0.25, 0.3) is 0 Å². The van der Waals surface area contributed by atoms with Crippen LogP contribution in [0.3, 0.4) is 0 Å². The third-order valence-corrected chi connectivity index (χ3v) is 2.77. The Balaban J connectivity index is 0.000000606. The zero-order valence-electron chi connectivity index (χ0n) is 10.6. The molecule has 0 N–H and O–H groups in total. The van der Waals surface area contributed by atoms with E-state index in [4.69, 9.17) is 4.74 Å². The lowest BCUT2D eigenvalue weighted by molar-refractivity contribution is 0.237. The molecule has 0 aromatic heterocycles. The molecular weight excluding hydrogens is 203 g/mol. The van der Waals surface area contributed by atoms with E-state index in [1.165, 1.54) is 18.9 Å². The van der Waals surface area contributed by atoms with Crippen LogP contribution in [0.2, 0.25) is 0 Å². The highest BCUT2D eigenvalue weighted by atomic mass is 19.1. The molecule has 0 radical (unpaired) electrons. The number of benzene rings is 1. The number of halogens is 1. The molecule has 90 valence electrons. The van der Waals surface area contributed by atoms with Crippen molar-refractivity contribution in [2.75, 3.05) is 6.61 Å². The van der Waals surface area contributed by atoms with E-state index in [1.54, 1.807) is 12.1 Å². The van der Waals surface area contributed by atoms with Crippen molar-refractivity contribution < 1.29 is 9.13 Å². The van der Waals surface area contributed by atoms with Crippen LogP contribution in [0.25, 0.3) is 0 Å². The number of hydrogen-bond acceptors (Lipinski definition) is 1. The smallest absolute Gasteiger partial charge is 0.165 e. The molecule has 2 heteroatoms. The van der Waals surface area contributed by atoms with Crippen molar-refractivity contribution in [1.29, 1.82) is 0 Å². The van der Waals surface area contributed by atoms with Crippen LogP contribution in [0.5, 0.6) is 5.75 Å². The van der Waals surface area contributed by atoms with E-state index in [0.717, 1.165) is 5.56 Å². The normalized spacial score (nSPS) is 16.1. The third-order valence-electron chi connectivity index (χ3n) is 2.77. The Kier molecular flexibility index (Phi) is 4.34. The Morgan fingerprint density at radius 3 is 2.50 bits per heavy atom. The summed E-state index contributed by atoms with van der Waals surface area (Å²) in [5, 5.41) is 0. The predicted octanol–water partition coefficient (Wildman–Crippen LogP) is 4.34. The second-order valence-corrected chi connectivity index (χ2v) is 4.53. The van der Waals surface area contributed by atoms with Crippen LogP contribution in [0.15, 0.2) is 18.2 Å². The van der Waals surface area contributed by atoms with Crippen molar-refractivity contribution >= 4 is 0 Å². The van der Waals surface area contributed by atoms with Crippen molar-refractivity contribution in [2.45, 2.75) is 40.5 Å². The first-order valence-electron chi connectivity index (χ1n) is 5.98. The van der Waals surface area contributed by atoms with Gasteiger partial charge in [-0.25, -0.2) is 4.39 Å². The summed E-state index contributed by atoms with van der Waals surface area (Å²) in [5.41, 5.74) is 1.33. The van der Waals surface area contributed by atoms with E-state index in [2.05, 4.69) is 6.92 Å². The summed E-state index contributed by atoms with van der Waals surface area (Å²) < 4.78 is 18.7. The molecule has 1 nitrogen and oxygen atoms in total. The molecule has 0 aliphatic heterocycles. The molecule has 0 spiro atoms. The highest BCUT2D eigenvalue weighted by molar-refractivity contribution is 5.29. The van der Waals surface area contributed by atoms with Crippen molar-refractivity contribution in [2.24, 2.45) is 5.41 Å². The van der Waals surface area contributed by atoms with Gasteiger partial charge in [-0.2, -0.15) is 0 Å². The van der Waals surface area contributed by atoms with Crippen molar-refractivity contribution in [3.8, 4) is 5.75 Å². The molecule has 0 heterocycles. The number of hydrogen-bond donors (Lipinski definition) is 0. The van der Waals surface area contributed by atoms with Gasteiger partial charge in [-0.3, -0.25) is 0 Å². The summed E-state index contributed by atoms with van der Waals surface area (Å²) in [6, 6.07) is 4.96. The van der Waals surface area contributed by atoms with Crippen LogP contribution in [0.1, 0.15) is 39.2 Å². The van der Waals surface area contributed by atoms with E-state index in [-0.39, 0.29) is 5.82 Å². The SMILES string of the molecule is CC.Cc1ccc(F)c(OCC2(C)CC2)c1. The van der Waals surface area contributed by atoms with E-state index in [0.29, 0.717) is 17.8 Å². The monoisotopic (exact) mass is 224 g/mol. The molecule has 0 amide bonds. The molecule has 2 rings (SSSR count). The molecule has 1 saturated carbocycles. The van der Waals surface area contributed by atoms with Crippen LogP contribution in [0, 0.1) is 18.2 Å². The minimum Gasteiger partial charge on any atom is -0.490 e. The lowest BCUT2D eigenvalue weighted by Crippen LogP contribution is -2.09. The Morgan fingerprint density at radius 1 is 1.31 bits per heavy atom. The minimum absolute atomic E-state index is 0.264. The average molecular weight is 224 g/mol. The van der Waals surface area contributed by atoms with E-state index in [1.807, 2.05) is 20.8 Å². The second-order valence-electron chi connectivity index (χ2n) is 4.53. The largest absolute Gasteiger partial charge is 0.490 e. The summed E-state index contributed by atoms with van der Waals surface area (Å²) in [6.45, 7) is 8.74. The lowest BCUT2D eigenvalue weighted by Gasteiger charge is -2.11. The molecule has 0 saturated heterocycles. The quantitative estimate of drug-likeness (QED) is 0.742. The van der Waals surface area contributed by atoms with Gasteiger partial charge in [-0.15, -0.1) is 0 Å². The van der Waals surface area contributed by atoms with Gasteiger partial charge in [0.15, 0.2) is 11.6 Å². The molecule has 1 aliphatic carbocycles. The summed E-state index contributed by atoms with van der Waals surface area (Å²) in [7, 11) is 0. The maximum absolute atomic E-state index is 13.2. The number of ether oxygens (including phenoxy) is 1. The van der Waals surface area contributed by atoms with Gasteiger partial charge in [0, 0.05) is 5.41 Å². The Hall–Kier alpha value is -1.05. The van der Waals surface area contributed by atoms with Crippen LogP contribution >= 0.6 is 0 Å². The highest BCUT2D eigenvalue weighted by Gasteiger charge is 2.38. The predicted molar refractivity (Wildman–Crippen MR) is 65.3 cm³/mol. The molecular formula is C14H21FO. The fourth-order valence-corrected chi connectivity index (χ4v) is 1.33. The molecule has 16 heavy (non-hydrogen) atoms. The van der Waals surface area contributed by atoms with Gasteiger partial charge >= 0.3 is 0 Å². The van der Waals surface area contributed by atoms with Gasteiger partial charge in [-0.05, 0) is 37.5 Å². The van der Waals surface area contributed by atoms with Crippen LogP contribution in [-0.2, 0) is 0 Å². The molecule has 0 atom stereocenters. The molecule has 0 unspecified atom stereocenters. The zero-order chi connectivity index (χ0) is 12.2. The maximum atomic E-state index is 13.2. The third kappa shape index (κ3) is 3.51. The number of rotatable bonds is 3. The Labute approximate surface area is 97.6 Å². The van der Waals surface area contributed by atoms with Gasteiger partial charge in [0.2, 0.25) is 0 Å². The lowest BCUT2D eigenvalue weighted by atomic mass is 10.2. The van der Waals surface area contributed by atoms with Crippen LogP contribution in [-0.4, -0.2) is 6.61 Å². The zero-order valence-corrected chi connectivity index (χ0v) is 10.6. The van der Waals surface area contributed by atoms with Crippen molar-refractivity contribution in [1.82, 2.24) is 0 Å².